The van der Waals surface area contributed by atoms with E-state index in [-0.39, 0.29) is 11.4 Å². The molecule has 1 fully saturated rings. The average molecular weight is 271 g/mol. The lowest BCUT2D eigenvalue weighted by molar-refractivity contribution is 0.362. The molecule has 6 nitrogen and oxygen atoms in total. The lowest BCUT2D eigenvalue weighted by atomic mass is 10.2. The summed E-state index contributed by atoms with van der Waals surface area (Å²) in [6, 6.07) is 4.80. The first kappa shape index (κ1) is 13.1. The molecule has 1 heterocycles. The molecule has 0 spiro atoms. The van der Waals surface area contributed by atoms with Crippen LogP contribution in [0, 0.1) is 6.92 Å². The van der Waals surface area contributed by atoms with Crippen LogP contribution >= 0.6 is 0 Å². The summed E-state index contributed by atoms with van der Waals surface area (Å²) in [7, 11) is -3.59. The zero-order valence-electron chi connectivity index (χ0n) is 10.2. The fraction of sp³-hybridized carbons (Fsp3) is 0.455. The number of aryl methyl sites for hydroxylation is 1. The van der Waals surface area contributed by atoms with Crippen LogP contribution in [0.5, 0.6) is 5.75 Å². The van der Waals surface area contributed by atoms with Gasteiger partial charge in [0.1, 0.15) is 5.75 Å². The molecule has 1 aromatic rings. The van der Waals surface area contributed by atoms with E-state index in [2.05, 4.69) is 10.0 Å². The van der Waals surface area contributed by atoms with Crippen molar-refractivity contribution in [3.63, 3.8) is 0 Å². The fourth-order valence-electron chi connectivity index (χ4n) is 1.82. The van der Waals surface area contributed by atoms with Gasteiger partial charge in [0.2, 0.25) is 0 Å². The largest absolute Gasteiger partial charge is 0.506 e. The molecular formula is C11H17N3O3S. The molecule has 0 aromatic heterocycles. The standard InChI is InChI=1S/C11H17N3O3S/c1-9-2-3-11(15)10(8-9)13-18(16,17)14-6-4-12-5-7-14/h2-3,8,12-13,15H,4-7H2,1H3. The van der Waals surface area contributed by atoms with Crippen molar-refractivity contribution < 1.29 is 13.5 Å². The van der Waals surface area contributed by atoms with Crippen molar-refractivity contribution >= 4 is 15.9 Å². The number of phenols is 1. The third-order valence-electron chi connectivity index (χ3n) is 2.81. The van der Waals surface area contributed by atoms with Crippen LogP contribution in [0.2, 0.25) is 0 Å². The number of phenolic OH excluding ortho intramolecular Hbond substituents is 1. The summed E-state index contributed by atoms with van der Waals surface area (Å²) in [4.78, 5) is 0. The minimum atomic E-state index is -3.59. The highest BCUT2D eigenvalue weighted by atomic mass is 32.2. The van der Waals surface area contributed by atoms with Gasteiger partial charge in [0.15, 0.2) is 0 Å². The normalized spacial score (nSPS) is 17.6. The number of aromatic hydroxyl groups is 1. The Bertz CT molecular complexity index is 524. The molecule has 0 aliphatic carbocycles. The van der Waals surface area contributed by atoms with E-state index in [1.54, 1.807) is 12.1 Å². The molecule has 0 saturated carbocycles. The molecule has 1 saturated heterocycles. The molecule has 100 valence electrons. The highest BCUT2D eigenvalue weighted by molar-refractivity contribution is 7.90. The Morgan fingerprint density at radius 2 is 2.00 bits per heavy atom. The van der Waals surface area contributed by atoms with E-state index >= 15 is 0 Å². The van der Waals surface area contributed by atoms with Gasteiger partial charge in [-0.3, -0.25) is 4.72 Å². The van der Waals surface area contributed by atoms with Gasteiger partial charge in [0, 0.05) is 26.2 Å². The van der Waals surface area contributed by atoms with Crippen molar-refractivity contribution in [2.45, 2.75) is 6.92 Å². The maximum absolute atomic E-state index is 12.1. The van der Waals surface area contributed by atoms with Crippen molar-refractivity contribution in [3.05, 3.63) is 23.8 Å². The Kier molecular flexibility index (Phi) is 3.74. The lowest BCUT2D eigenvalue weighted by Crippen LogP contribution is -2.48. The highest BCUT2D eigenvalue weighted by Gasteiger charge is 2.24. The van der Waals surface area contributed by atoms with Crippen LogP contribution in [-0.4, -0.2) is 44.0 Å². The second-order valence-corrected chi connectivity index (χ2v) is 5.95. The number of nitrogens with zero attached hydrogens (tertiary/aromatic N) is 1. The summed E-state index contributed by atoms with van der Waals surface area (Å²) in [6.45, 7) is 3.98. The summed E-state index contributed by atoms with van der Waals surface area (Å²) < 4.78 is 28.0. The predicted molar refractivity (Wildman–Crippen MR) is 69.8 cm³/mol. The quantitative estimate of drug-likeness (QED) is 0.689. The highest BCUT2D eigenvalue weighted by Crippen LogP contribution is 2.25. The third-order valence-corrected chi connectivity index (χ3v) is 4.33. The number of hydrogen-bond acceptors (Lipinski definition) is 4. The first-order valence-corrected chi connectivity index (χ1v) is 7.21. The van der Waals surface area contributed by atoms with Gasteiger partial charge in [-0.05, 0) is 24.6 Å². The summed E-state index contributed by atoms with van der Waals surface area (Å²) in [6.07, 6.45) is 0. The second-order valence-electron chi connectivity index (χ2n) is 4.28. The van der Waals surface area contributed by atoms with Gasteiger partial charge in [-0.2, -0.15) is 12.7 Å². The van der Waals surface area contributed by atoms with Gasteiger partial charge >= 0.3 is 10.2 Å². The summed E-state index contributed by atoms with van der Waals surface area (Å²) in [5, 5.41) is 12.7. The topological polar surface area (TPSA) is 81.7 Å². The SMILES string of the molecule is Cc1ccc(O)c(NS(=O)(=O)N2CCNCC2)c1. The van der Waals surface area contributed by atoms with Crippen LogP contribution < -0.4 is 10.0 Å². The van der Waals surface area contributed by atoms with Crippen molar-refractivity contribution in [3.8, 4) is 5.75 Å². The summed E-state index contributed by atoms with van der Waals surface area (Å²) in [5.74, 6) is -0.0701. The Morgan fingerprint density at radius 3 is 2.67 bits per heavy atom. The zero-order valence-corrected chi connectivity index (χ0v) is 11.0. The van der Waals surface area contributed by atoms with Crippen LogP contribution in [0.15, 0.2) is 18.2 Å². The number of piperazine rings is 1. The molecule has 2 rings (SSSR count). The van der Waals surface area contributed by atoms with Crippen molar-refractivity contribution in [1.82, 2.24) is 9.62 Å². The molecule has 1 aliphatic heterocycles. The Hall–Kier alpha value is -1.31. The molecule has 18 heavy (non-hydrogen) atoms. The minimum absolute atomic E-state index is 0.0701. The number of hydrogen-bond donors (Lipinski definition) is 3. The number of rotatable bonds is 3. The van der Waals surface area contributed by atoms with Crippen LogP contribution in [0.1, 0.15) is 5.56 Å². The van der Waals surface area contributed by atoms with Crippen molar-refractivity contribution in [2.24, 2.45) is 0 Å². The fourth-order valence-corrected chi connectivity index (χ4v) is 3.05. The summed E-state index contributed by atoms with van der Waals surface area (Å²) >= 11 is 0. The predicted octanol–water partition coefficient (Wildman–Crippen LogP) is 0.263. The van der Waals surface area contributed by atoms with E-state index in [9.17, 15) is 13.5 Å². The first-order chi connectivity index (χ1) is 8.49. The molecule has 0 radical (unpaired) electrons. The average Bonchev–Trinajstić information content (AvgIpc) is 2.35. The molecule has 0 unspecified atom stereocenters. The van der Waals surface area contributed by atoms with E-state index in [1.807, 2.05) is 6.92 Å². The number of nitrogens with one attached hydrogen (secondary N) is 2. The molecule has 0 atom stereocenters. The van der Waals surface area contributed by atoms with E-state index in [1.165, 1.54) is 10.4 Å². The van der Waals surface area contributed by atoms with Crippen LogP contribution in [0.4, 0.5) is 5.69 Å². The van der Waals surface area contributed by atoms with Crippen molar-refractivity contribution in [1.29, 1.82) is 0 Å². The lowest BCUT2D eigenvalue weighted by Gasteiger charge is -2.27. The van der Waals surface area contributed by atoms with Gasteiger partial charge in [-0.1, -0.05) is 6.07 Å². The Balaban J connectivity index is 2.18. The zero-order chi connectivity index (χ0) is 13.2. The van der Waals surface area contributed by atoms with Gasteiger partial charge < -0.3 is 10.4 Å². The molecule has 1 aromatic carbocycles. The number of anilines is 1. The first-order valence-electron chi connectivity index (χ1n) is 5.77. The van der Waals surface area contributed by atoms with Gasteiger partial charge in [-0.25, -0.2) is 0 Å². The molecule has 0 bridgehead atoms. The molecule has 7 heteroatoms. The maximum atomic E-state index is 12.1. The monoisotopic (exact) mass is 271 g/mol. The van der Waals surface area contributed by atoms with Crippen LogP contribution in [0.25, 0.3) is 0 Å². The van der Waals surface area contributed by atoms with E-state index in [4.69, 9.17) is 0 Å². The second kappa shape index (κ2) is 5.13. The van der Waals surface area contributed by atoms with Crippen LogP contribution in [-0.2, 0) is 10.2 Å². The van der Waals surface area contributed by atoms with Gasteiger partial charge in [0.25, 0.3) is 0 Å². The molecule has 1 aliphatic rings. The van der Waals surface area contributed by atoms with Crippen LogP contribution in [0.3, 0.4) is 0 Å². The molecule has 3 N–H and O–H groups in total. The molecule has 0 amide bonds. The maximum Gasteiger partial charge on any atom is 0.301 e. The third kappa shape index (κ3) is 2.92. The Labute approximate surface area is 107 Å². The number of benzene rings is 1. The molecular weight excluding hydrogens is 254 g/mol. The van der Waals surface area contributed by atoms with E-state index in [0.717, 1.165) is 5.56 Å². The van der Waals surface area contributed by atoms with Crippen molar-refractivity contribution in [2.75, 3.05) is 30.9 Å². The van der Waals surface area contributed by atoms with E-state index < -0.39 is 10.2 Å². The Morgan fingerprint density at radius 1 is 1.33 bits per heavy atom. The van der Waals surface area contributed by atoms with E-state index in [0.29, 0.717) is 26.2 Å². The van der Waals surface area contributed by atoms with Gasteiger partial charge in [-0.15, -0.1) is 0 Å². The summed E-state index contributed by atoms with van der Waals surface area (Å²) in [5.41, 5.74) is 1.10. The smallest absolute Gasteiger partial charge is 0.301 e. The van der Waals surface area contributed by atoms with Gasteiger partial charge in [0.05, 0.1) is 5.69 Å². The minimum Gasteiger partial charge on any atom is -0.506 e.